The first-order valence-electron chi connectivity index (χ1n) is 5.70. The Labute approximate surface area is 102 Å². The van der Waals surface area contributed by atoms with Gasteiger partial charge in [0.1, 0.15) is 0 Å². The molecular formula is C16H7F2. The van der Waals surface area contributed by atoms with Crippen molar-refractivity contribution in [1.82, 2.24) is 0 Å². The smallest absolute Gasteiger partial charge is 0.168 e. The second-order valence-corrected chi connectivity index (χ2v) is 4.40. The van der Waals surface area contributed by atoms with Gasteiger partial charge in [-0.3, -0.25) is 0 Å². The maximum absolute atomic E-state index is 13.8. The molecule has 0 N–H and O–H groups in total. The van der Waals surface area contributed by atoms with Crippen LogP contribution in [-0.4, -0.2) is 0 Å². The lowest BCUT2D eigenvalue weighted by Crippen LogP contribution is -1.88. The molecule has 0 atom stereocenters. The highest BCUT2D eigenvalue weighted by atomic mass is 19.2. The molecule has 0 saturated heterocycles. The van der Waals surface area contributed by atoms with Gasteiger partial charge < -0.3 is 0 Å². The van der Waals surface area contributed by atoms with Crippen molar-refractivity contribution in [3.8, 4) is 22.3 Å². The van der Waals surface area contributed by atoms with E-state index in [9.17, 15) is 8.78 Å². The molecule has 0 heterocycles. The highest BCUT2D eigenvalue weighted by Gasteiger charge is 2.24. The number of hydrogen-bond acceptors (Lipinski definition) is 0. The van der Waals surface area contributed by atoms with E-state index in [1.165, 1.54) is 0 Å². The summed E-state index contributed by atoms with van der Waals surface area (Å²) in [6.07, 6.45) is 0. The van der Waals surface area contributed by atoms with Crippen molar-refractivity contribution in [2.24, 2.45) is 0 Å². The molecule has 0 unspecified atom stereocenters. The van der Waals surface area contributed by atoms with Gasteiger partial charge in [-0.25, -0.2) is 8.78 Å². The number of halogens is 2. The molecule has 0 spiro atoms. The minimum atomic E-state index is -0.911. The summed E-state index contributed by atoms with van der Waals surface area (Å²) in [4.78, 5) is 0. The van der Waals surface area contributed by atoms with Gasteiger partial charge >= 0.3 is 0 Å². The molecule has 3 aromatic carbocycles. The van der Waals surface area contributed by atoms with E-state index in [2.05, 4.69) is 6.07 Å². The van der Waals surface area contributed by atoms with E-state index in [0.29, 0.717) is 10.9 Å². The van der Waals surface area contributed by atoms with Crippen LogP contribution in [-0.2, 0) is 0 Å². The minimum absolute atomic E-state index is 0.329. The van der Waals surface area contributed by atoms with Crippen LogP contribution in [0.1, 0.15) is 0 Å². The van der Waals surface area contributed by atoms with Crippen LogP contribution >= 0.6 is 0 Å². The highest BCUT2D eigenvalue weighted by Crippen LogP contribution is 2.47. The molecule has 18 heavy (non-hydrogen) atoms. The summed E-state index contributed by atoms with van der Waals surface area (Å²) in [5.74, 6) is -1.73. The average Bonchev–Trinajstić information content (AvgIpc) is 2.72. The van der Waals surface area contributed by atoms with Crippen LogP contribution in [0.4, 0.5) is 8.78 Å². The third-order valence-corrected chi connectivity index (χ3v) is 3.46. The Kier molecular flexibility index (Phi) is 1.72. The van der Waals surface area contributed by atoms with Crippen LogP contribution in [0.15, 0.2) is 42.5 Å². The Balaban J connectivity index is 2.31. The molecule has 0 bridgehead atoms. The van der Waals surface area contributed by atoms with Crippen LogP contribution in [0.25, 0.3) is 33.0 Å². The van der Waals surface area contributed by atoms with Gasteiger partial charge in [-0.05, 0) is 16.7 Å². The van der Waals surface area contributed by atoms with E-state index in [4.69, 9.17) is 0 Å². The number of fused-ring (bicyclic) bond motifs is 3. The lowest BCUT2D eigenvalue weighted by atomic mass is 10.0. The second kappa shape index (κ2) is 3.16. The number of rotatable bonds is 0. The van der Waals surface area contributed by atoms with Crippen LogP contribution in [0, 0.1) is 17.7 Å². The van der Waals surface area contributed by atoms with E-state index in [1.54, 1.807) is 12.1 Å². The van der Waals surface area contributed by atoms with Gasteiger partial charge in [0.05, 0.1) is 0 Å². The van der Waals surface area contributed by atoms with Gasteiger partial charge in [0.25, 0.3) is 0 Å². The quantitative estimate of drug-likeness (QED) is 0.420. The zero-order valence-corrected chi connectivity index (χ0v) is 9.30. The SMILES string of the molecule is Fc1[c]c2c3c(cccc3c1F)-c1ccccc1-2. The van der Waals surface area contributed by atoms with Crippen molar-refractivity contribution in [3.05, 3.63) is 60.2 Å². The monoisotopic (exact) mass is 237 g/mol. The van der Waals surface area contributed by atoms with Crippen molar-refractivity contribution in [2.75, 3.05) is 0 Å². The van der Waals surface area contributed by atoms with Gasteiger partial charge in [-0.15, -0.1) is 0 Å². The van der Waals surface area contributed by atoms with Crippen LogP contribution in [0.3, 0.4) is 0 Å². The third kappa shape index (κ3) is 1.03. The summed E-state index contributed by atoms with van der Waals surface area (Å²) in [6, 6.07) is 15.5. The zero-order valence-electron chi connectivity index (χ0n) is 9.30. The summed E-state index contributed by atoms with van der Waals surface area (Å²) in [6.45, 7) is 0. The Morgan fingerprint density at radius 3 is 2.33 bits per heavy atom. The van der Waals surface area contributed by atoms with E-state index in [0.717, 1.165) is 22.1 Å². The van der Waals surface area contributed by atoms with E-state index in [-0.39, 0.29) is 0 Å². The van der Waals surface area contributed by atoms with Gasteiger partial charge in [0.15, 0.2) is 11.6 Å². The zero-order chi connectivity index (χ0) is 12.3. The van der Waals surface area contributed by atoms with Crippen molar-refractivity contribution < 1.29 is 8.78 Å². The van der Waals surface area contributed by atoms with Gasteiger partial charge in [0.2, 0.25) is 0 Å². The molecule has 85 valence electrons. The molecule has 0 saturated carbocycles. The van der Waals surface area contributed by atoms with Gasteiger partial charge in [-0.1, -0.05) is 42.5 Å². The number of hydrogen-bond donors (Lipinski definition) is 0. The van der Waals surface area contributed by atoms with Gasteiger partial charge in [0, 0.05) is 22.4 Å². The Morgan fingerprint density at radius 1 is 0.778 bits per heavy atom. The van der Waals surface area contributed by atoms with Crippen molar-refractivity contribution in [1.29, 1.82) is 0 Å². The second-order valence-electron chi connectivity index (χ2n) is 4.40. The Morgan fingerprint density at radius 2 is 1.50 bits per heavy atom. The highest BCUT2D eigenvalue weighted by molar-refractivity contribution is 6.15. The fraction of sp³-hybridized carbons (Fsp3) is 0. The summed E-state index contributed by atoms with van der Waals surface area (Å²) in [5.41, 5.74) is 3.55. The van der Waals surface area contributed by atoms with E-state index >= 15 is 0 Å². The molecule has 1 aliphatic carbocycles. The maximum Gasteiger partial charge on any atom is 0.168 e. The standard InChI is InChI=1S/C16H7F2/c17-14-8-13-10-5-2-1-4-9(10)11-6-3-7-12(15(11)13)16(14)18/h1-7H. The fourth-order valence-electron chi connectivity index (χ4n) is 2.71. The molecule has 0 aliphatic heterocycles. The minimum Gasteiger partial charge on any atom is -0.203 e. The lowest BCUT2D eigenvalue weighted by molar-refractivity contribution is 0.516. The fourth-order valence-corrected chi connectivity index (χ4v) is 2.71. The molecule has 3 aromatic rings. The molecule has 2 heteroatoms. The first-order valence-corrected chi connectivity index (χ1v) is 5.70. The molecule has 0 fully saturated rings. The maximum atomic E-state index is 13.8. The normalized spacial score (nSPS) is 11.9. The van der Waals surface area contributed by atoms with E-state index < -0.39 is 11.6 Å². The summed E-state index contributed by atoms with van der Waals surface area (Å²) < 4.78 is 27.4. The molecule has 1 aliphatic rings. The topological polar surface area (TPSA) is 0 Å². The van der Waals surface area contributed by atoms with Crippen LogP contribution in [0.5, 0.6) is 0 Å². The van der Waals surface area contributed by atoms with Crippen molar-refractivity contribution >= 4 is 10.8 Å². The first kappa shape index (κ1) is 9.77. The first-order chi connectivity index (χ1) is 8.77. The van der Waals surface area contributed by atoms with Crippen molar-refractivity contribution in [3.63, 3.8) is 0 Å². The average molecular weight is 237 g/mol. The predicted octanol–water partition coefficient (Wildman–Crippen LogP) is 4.57. The Bertz CT molecular complexity index is 804. The van der Waals surface area contributed by atoms with E-state index in [1.807, 2.05) is 30.3 Å². The Hall–Kier alpha value is -2.22. The molecule has 1 radical (unpaired) electrons. The number of benzene rings is 3. The van der Waals surface area contributed by atoms with Crippen LogP contribution in [0.2, 0.25) is 0 Å². The summed E-state index contributed by atoms with van der Waals surface area (Å²) in [7, 11) is 0. The lowest BCUT2D eigenvalue weighted by Gasteiger charge is -2.03. The van der Waals surface area contributed by atoms with Crippen LogP contribution < -0.4 is 0 Å². The summed E-state index contributed by atoms with van der Waals surface area (Å²) >= 11 is 0. The molecule has 0 nitrogen and oxygen atoms in total. The molecule has 0 aromatic heterocycles. The van der Waals surface area contributed by atoms with Crippen molar-refractivity contribution in [2.45, 2.75) is 0 Å². The van der Waals surface area contributed by atoms with Gasteiger partial charge in [-0.2, -0.15) is 0 Å². The largest absolute Gasteiger partial charge is 0.203 e. The molecule has 4 rings (SSSR count). The summed E-state index contributed by atoms with van der Waals surface area (Å²) in [5, 5.41) is 1.09. The molecule has 0 amide bonds. The molecular weight excluding hydrogens is 230 g/mol. The third-order valence-electron chi connectivity index (χ3n) is 3.46. The predicted molar refractivity (Wildman–Crippen MR) is 67.1 cm³/mol.